The number of nitrogens with zero attached hydrogens (tertiary/aromatic N) is 1. The molecule has 1 aromatic heterocycles. The lowest BCUT2D eigenvalue weighted by atomic mass is 9.99. The molecule has 2 rings (SSSR count). The van der Waals surface area contributed by atoms with Gasteiger partial charge < -0.3 is 15.2 Å². The molecule has 2 N–H and O–H groups in total. The fourth-order valence-electron chi connectivity index (χ4n) is 2.23. The average molecular weight is 342 g/mol. The molecular weight excluding hydrogens is 320 g/mol. The highest BCUT2D eigenvalue weighted by molar-refractivity contribution is 5.94. The van der Waals surface area contributed by atoms with Crippen molar-refractivity contribution in [3.8, 4) is 5.88 Å². The number of rotatable bonds is 8. The van der Waals surface area contributed by atoms with Crippen molar-refractivity contribution in [2.24, 2.45) is 0 Å². The van der Waals surface area contributed by atoms with Crippen LogP contribution in [0.1, 0.15) is 42.1 Å². The summed E-state index contributed by atoms with van der Waals surface area (Å²) in [5, 5.41) is 12.1. The third-order valence-corrected chi connectivity index (χ3v) is 3.86. The van der Waals surface area contributed by atoms with Crippen LogP contribution in [0.5, 0.6) is 5.88 Å². The standard InChI is InChI=1S/C19H22N2O4/c1-3-13(2)25-17-11-15(9-10-20-17)18(22)21-12-16(19(23)24)14-7-5-4-6-8-14/h4-11,13,16H,3,12H2,1-2H3,(H,21,22)(H,23,24). The highest BCUT2D eigenvalue weighted by Gasteiger charge is 2.21. The van der Waals surface area contributed by atoms with Crippen LogP contribution in [0, 0.1) is 0 Å². The van der Waals surface area contributed by atoms with Gasteiger partial charge in [0.1, 0.15) is 0 Å². The summed E-state index contributed by atoms with van der Waals surface area (Å²) < 4.78 is 5.60. The Morgan fingerprint density at radius 1 is 1.24 bits per heavy atom. The lowest BCUT2D eigenvalue weighted by Gasteiger charge is -2.15. The van der Waals surface area contributed by atoms with Gasteiger partial charge in [0.25, 0.3) is 5.91 Å². The molecule has 2 atom stereocenters. The Hall–Kier alpha value is -2.89. The minimum absolute atomic E-state index is 0.000262. The van der Waals surface area contributed by atoms with Crippen LogP contribution < -0.4 is 10.1 Å². The number of carboxylic acids is 1. The number of hydrogen-bond donors (Lipinski definition) is 2. The fraction of sp³-hybridized carbons (Fsp3) is 0.316. The lowest BCUT2D eigenvalue weighted by molar-refractivity contribution is -0.138. The summed E-state index contributed by atoms with van der Waals surface area (Å²) in [5.41, 5.74) is 1.02. The molecule has 0 spiro atoms. The highest BCUT2D eigenvalue weighted by atomic mass is 16.5. The van der Waals surface area contributed by atoms with Crippen LogP contribution >= 0.6 is 0 Å². The summed E-state index contributed by atoms with van der Waals surface area (Å²) in [5.74, 6) is -1.77. The second-order valence-electron chi connectivity index (χ2n) is 5.73. The van der Waals surface area contributed by atoms with Crippen LogP contribution in [0.3, 0.4) is 0 Å². The van der Waals surface area contributed by atoms with E-state index in [2.05, 4.69) is 10.3 Å². The van der Waals surface area contributed by atoms with Crippen LogP contribution in [-0.2, 0) is 4.79 Å². The zero-order chi connectivity index (χ0) is 18.2. The number of pyridine rings is 1. The molecule has 0 fully saturated rings. The van der Waals surface area contributed by atoms with Gasteiger partial charge in [-0.2, -0.15) is 0 Å². The Bertz CT molecular complexity index is 718. The van der Waals surface area contributed by atoms with E-state index in [1.165, 1.54) is 6.20 Å². The number of carbonyl (C=O) groups excluding carboxylic acids is 1. The monoisotopic (exact) mass is 342 g/mol. The molecule has 2 unspecified atom stereocenters. The molecule has 2 aromatic rings. The third kappa shape index (κ3) is 5.31. The van der Waals surface area contributed by atoms with Crippen molar-refractivity contribution in [1.29, 1.82) is 0 Å². The molecule has 1 heterocycles. The van der Waals surface area contributed by atoms with E-state index < -0.39 is 11.9 Å². The second kappa shape index (κ2) is 8.82. The molecule has 6 nitrogen and oxygen atoms in total. The smallest absolute Gasteiger partial charge is 0.312 e. The fourth-order valence-corrected chi connectivity index (χ4v) is 2.23. The number of carboxylic acid groups (broad SMARTS) is 1. The minimum atomic E-state index is -0.984. The van der Waals surface area contributed by atoms with Gasteiger partial charge in [0.2, 0.25) is 5.88 Å². The summed E-state index contributed by atoms with van der Waals surface area (Å²) in [6, 6.07) is 11.9. The first-order valence-corrected chi connectivity index (χ1v) is 8.20. The summed E-state index contributed by atoms with van der Waals surface area (Å²) in [4.78, 5) is 27.9. The Kier molecular flexibility index (Phi) is 6.51. The van der Waals surface area contributed by atoms with Gasteiger partial charge in [-0.3, -0.25) is 9.59 Å². The number of benzene rings is 1. The van der Waals surface area contributed by atoms with Crippen LogP contribution in [0.25, 0.3) is 0 Å². The SMILES string of the molecule is CCC(C)Oc1cc(C(=O)NCC(C(=O)O)c2ccccc2)ccn1. The van der Waals surface area contributed by atoms with Crippen LogP contribution in [0.2, 0.25) is 0 Å². The van der Waals surface area contributed by atoms with Crippen molar-refractivity contribution < 1.29 is 19.4 Å². The second-order valence-corrected chi connectivity index (χ2v) is 5.73. The number of carbonyl (C=O) groups is 2. The number of nitrogens with one attached hydrogen (secondary N) is 1. The highest BCUT2D eigenvalue weighted by Crippen LogP contribution is 2.16. The summed E-state index contributed by atoms with van der Waals surface area (Å²) in [7, 11) is 0. The molecule has 25 heavy (non-hydrogen) atoms. The maximum Gasteiger partial charge on any atom is 0.312 e. The predicted molar refractivity (Wildman–Crippen MR) is 93.8 cm³/mol. The van der Waals surface area contributed by atoms with Crippen LogP contribution in [-0.4, -0.2) is 34.6 Å². The van der Waals surface area contributed by atoms with Crippen molar-refractivity contribution in [3.05, 3.63) is 59.8 Å². The molecule has 0 saturated heterocycles. The number of ether oxygens (including phenoxy) is 1. The quantitative estimate of drug-likeness (QED) is 0.770. The van der Waals surface area contributed by atoms with Crippen LogP contribution in [0.4, 0.5) is 0 Å². The number of amides is 1. The number of hydrogen-bond acceptors (Lipinski definition) is 4. The Labute approximate surface area is 146 Å². The van der Waals surface area contributed by atoms with E-state index >= 15 is 0 Å². The third-order valence-electron chi connectivity index (χ3n) is 3.86. The van der Waals surface area contributed by atoms with E-state index in [0.717, 1.165) is 6.42 Å². The van der Waals surface area contributed by atoms with Crippen molar-refractivity contribution in [3.63, 3.8) is 0 Å². The average Bonchev–Trinajstić information content (AvgIpc) is 2.62. The number of aromatic nitrogens is 1. The molecule has 0 aliphatic carbocycles. The van der Waals surface area contributed by atoms with Gasteiger partial charge >= 0.3 is 5.97 Å². The van der Waals surface area contributed by atoms with Crippen molar-refractivity contribution in [2.45, 2.75) is 32.3 Å². The van der Waals surface area contributed by atoms with Crippen molar-refractivity contribution in [2.75, 3.05) is 6.54 Å². The zero-order valence-corrected chi connectivity index (χ0v) is 14.3. The van der Waals surface area contributed by atoms with Gasteiger partial charge in [0.15, 0.2) is 0 Å². The normalized spacial score (nSPS) is 12.9. The van der Waals surface area contributed by atoms with E-state index in [0.29, 0.717) is 17.0 Å². The molecule has 0 saturated carbocycles. The summed E-state index contributed by atoms with van der Waals surface area (Å²) in [6.45, 7) is 3.92. The Morgan fingerprint density at radius 3 is 2.60 bits per heavy atom. The molecule has 1 amide bonds. The first kappa shape index (κ1) is 18.4. The summed E-state index contributed by atoms with van der Waals surface area (Å²) >= 11 is 0. The molecule has 0 aliphatic rings. The lowest BCUT2D eigenvalue weighted by Crippen LogP contribution is -2.31. The van der Waals surface area contributed by atoms with E-state index in [1.807, 2.05) is 19.9 Å². The maximum atomic E-state index is 12.3. The van der Waals surface area contributed by atoms with E-state index in [-0.39, 0.29) is 18.6 Å². The van der Waals surface area contributed by atoms with E-state index in [9.17, 15) is 14.7 Å². The van der Waals surface area contributed by atoms with Gasteiger partial charge in [-0.25, -0.2) is 4.98 Å². The maximum absolute atomic E-state index is 12.3. The molecule has 1 aromatic carbocycles. The largest absolute Gasteiger partial charge is 0.481 e. The Balaban J connectivity index is 2.04. The van der Waals surface area contributed by atoms with Gasteiger partial charge in [-0.1, -0.05) is 37.3 Å². The van der Waals surface area contributed by atoms with Crippen molar-refractivity contribution >= 4 is 11.9 Å². The van der Waals surface area contributed by atoms with E-state index in [4.69, 9.17) is 4.74 Å². The van der Waals surface area contributed by atoms with Crippen LogP contribution in [0.15, 0.2) is 48.7 Å². The molecule has 0 bridgehead atoms. The molecule has 6 heteroatoms. The van der Waals surface area contributed by atoms with Crippen molar-refractivity contribution in [1.82, 2.24) is 10.3 Å². The minimum Gasteiger partial charge on any atom is -0.481 e. The molecule has 0 aliphatic heterocycles. The molecule has 0 radical (unpaired) electrons. The molecular formula is C19H22N2O4. The first-order chi connectivity index (χ1) is 12.0. The topological polar surface area (TPSA) is 88.5 Å². The first-order valence-electron chi connectivity index (χ1n) is 8.20. The number of aliphatic carboxylic acids is 1. The van der Waals surface area contributed by atoms with E-state index in [1.54, 1.807) is 36.4 Å². The van der Waals surface area contributed by atoms with Gasteiger partial charge in [0.05, 0.1) is 12.0 Å². The van der Waals surface area contributed by atoms with Gasteiger partial charge in [-0.05, 0) is 25.0 Å². The van der Waals surface area contributed by atoms with Gasteiger partial charge in [-0.15, -0.1) is 0 Å². The summed E-state index contributed by atoms with van der Waals surface area (Å²) in [6.07, 6.45) is 2.33. The zero-order valence-electron chi connectivity index (χ0n) is 14.3. The van der Waals surface area contributed by atoms with Gasteiger partial charge in [0, 0.05) is 24.4 Å². The molecule has 132 valence electrons. The Morgan fingerprint density at radius 2 is 1.96 bits per heavy atom. The predicted octanol–water partition coefficient (Wildman–Crippen LogP) is 2.86.